The van der Waals surface area contributed by atoms with E-state index in [0.29, 0.717) is 18.0 Å². The fourth-order valence-corrected chi connectivity index (χ4v) is 1.09. The Hall–Kier alpha value is -1.20. The van der Waals surface area contributed by atoms with Crippen molar-refractivity contribution < 1.29 is 5.11 Å². The van der Waals surface area contributed by atoms with Crippen molar-refractivity contribution in [3.8, 4) is 5.75 Å². The van der Waals surface area contributed by atoms with E-state index < -0.39 is 0 Å². The van der Waals surface area contributed by atoms with Gasteiger partial charge in [-0.15, -0.1) is 0 Å². The van der Waals surface area contributed by atoms with Crippen LogP contribution in [0.5, 0.6) is 5.75 Å². The Bertz CT molecular complexity index is 317. The number of hydrogen-bond donors (Lipinski definition) is 1. The van der Waals surface area contributed by atoms with Gasteiger partial charge in [0, 0.05) is 6.42 Å². The molecule has 1 rings (SSSR count). The third-order valence-corrected chi connectivity index (χ3v) is 1.83. The predicted molar refractivity (Wildman–Crippen MR) is 48.3 cm³/mol. The lowest BCUT2D eigenvalue weighted by atomic mass is 10.1. The van der Waals surface area contributed by atoms with Crippen LogP contribution in [0, 0.1) is 6.57 Å². The second-order valence-corrected chi connectivity index (χ2v) is 2.82. The van der Waals surface area contributed by atoms with E-state index >= 15 is 0 Å². The summed E-state index contributed by atoms with van der Waals surface area (Å²) >= 11 is 5.67. The number of aromatic hydroxyl groups is 1. The van der Waals surface area contributed by atoms with E-state index in [-0.39, 0.29) is 5.75 Å². The number of phenols is 1. The number of benzene rings is 1. The first-order valence-electron chi connectivity index (χ1n) is 3.54. The van der Waals surface area contributed by atoms with Gasteiger partial charge in [0.2, 0.25) is 6.54 Å². The van der Waals surface area contributed by atoms with Crippen LogP contribution in [-0.2, 0) is 6.42 Å². The molecule has 1 aromatic carbocycles. The van der Waals surface area contributed by atoms with Crippen molar-refractivity contribution in [3.05, 3.63) is 40.2 Å². The van der Waals surface area contributed by atoms with E-state index in [1.807, 2.05) is 0 Å². The smallest absolute Gasteiger partial charge is 0.218 e. The standard InChI is InChI=1S/C9H8ClNO/c1-11-5-4-7-2-3-9(12)8(10)6-7/h2-3,6,12H,4-5H2. The average Bonchev–Trinajstić information content (AvgIpc) is 2.07. The molecule has 3 heteroatoms. The van der Waals surface area contributed by atoms with Crippen LogP contribution in [-0.4, -0.2) is 11.7 Å². The summed E-state index contributed by atoms with van der Waals surface area (Å²) in [4.78, 5) is 3.23. The van der Waals surface area contributed by atoms with Crippen LogP contribution in [0.3, 0.4) is 0 Å². The molecule has 62 valence electrons. The van der Waals surface area contributed by atoms with Crippen molar-refractivity contribution in [2.75, 3.05) is 6.54 Å². The van der Waals surface area contributed by atoms with Crippen LogP contribution in [0.15, 0.2) is 18.2 Å². The molecule has 0 aliphatic heterocycles. The number of halogens is 1. The molecule has 0 bridgehead atoms. The van der Waals surface area contributed by atoms with Gasteiger partial charge in [0.25, 0.3) is 0 Å². The van der Waals surface area contributed by atoms with E-state index in [2.05, 4.69) is 4.85 Å². The Morgan fingerprint density at radius 1 is 1.50 bits per heavy atom. The molecule has 0 saturated carbocycles. The fraction of sp³-hybridized carbons (Fsp3) is 0.222. The molecule has 0 fully saturated rings. The molecule has 0 radical (unpaired) electrons. The average molecular weight is 182 g/mol. The molecular weight excluding hydrogens is 174 g/mol. The van der Waals surface area contributed by atoms with E-state index in [0.717, 1.165) is 5.56 Å². The summed E-state index contributed by atoms with van der Waals surface area (Å²) in [6.07, 6.45) is 0.684. The molecule has 1 N–H and O–H groups in total. The lowest BCUT2D eigenvalue weighted by molar-refractivity contribution is 0.475. The first kappa shape index (κ1) is 8.89. The summed E-state index contributed by atoms with van der Waals surface area (Å²) in [5.41, 5.74) is 0.980. The predicted octanol–water partition coefficient (Wildman–Crippen LogP) is 2.51. The molecule has 0 saturated heterocycles. The lowest BCUT2D eigenvalue weighted by Gasteiger charge is -1.98. The zero-order chi connectivity index (χ0) is 8.97. The van der Waals surface area contributed by atoms with Crippen molar-refractivity contribution in [2.24, 2.45) is 0 Å². The third kappa shape index (κ3) is 2.14. The second-order valence-electron chi connectivity index (χ2n) is 2.42. The van der Waals surface area contributed by atoms with Crippen molar-refractivity contribution in [1.29, 1.82) is 0 Å². The molecule has 0 spiro atoms. The lowest BCUT2D eigenvalue weighted by Crippen LogP contribution is -1.86. The minimum atomic E-state index is 0.0863. The summed E-state index contributed by atoms with van der Waals surface area (Å²) in [5.74, 6) is 0.0863. The summed E-state index contributed by atoms with van der Waals surface area (Å²) < 4.78 is 0. The van der Waals surface area contributed by atoms with Crippen molar-refractivity contribution in [1.82, 2.24) is 0 Å². The highest BCUT2D eigenvalue weighted by molar-refractivity contribution is 6.32. The van der Waals surface area contributed by atoms with Gasteiger partial charge in [0.05, 0.1) is 5.02 Å². The van der Waals surface area contributed by atoms with Crippen LogP contribution < -0.4 is 0 Å². The van der Waals surface area contributed by atoms with Crippen molar-refractivity contribution in [2.45, 2.75) is 6.42 Å². The van der Waals surface area contributed by atoms with Gasteiger partial charge in [-0.25, -0.2) is 6.57 Å². The van der Waals surface area contributed by atoms with Gasteiger partial charge in [-0.1, -0.05) is 17.7 Å². The van der Waals surface area contributed by atoms with Gasteiger partial charge >= 0.3 is 0 Å². The zero-order valence-corrected chi connectivity index (χ0v) is 7.17. The Morgan fingerprint density at radius 3 is 2.83 bits per heavy atom. The van der Waals surface area contributed by atoms with E-state index in [1.54, 1.807) is 18.2 Å². The third-order valence-electron chi connectivity index (χ3n) is 1.52. The Morgan fingerprint density at radius 2 is 2.25 bits per heavy atom. The number of phenolic OH excluding ortho intramolecular Hbond substituents is 1. The Labute approximate surface area is 76.2 Å². The van der Waals surface area contributed by atoms with Gasteiger partial charge in [0.1, 0.15) is 5.75 Å². The summed E-state index contributed by atoms with van der Waals surface area (Å²) in [7, 11) is 0. The quantitative estimate of drug-likeness (QED) is 0.697. The molecule has 0 amide bonds. The van der Waals surface area contributed by atoms with E-state index in [1.165, 1.54) is 0 Å². The highest BCUT2D eigenvalue weighted by Crippen LogP contribution is 2.23. The van der Waals surface area contributed by atoms with Crippen molar-refractivity contribution >= 4 is 11.6 Å². The van der Waals surface area contributed by atoms with Crippen LogP contribution in [0.4, 0.5) is 0 Å². The fourth-order valence-electron chi connectivity index (χ4n) is 0.891. The number of rotatable bonds is 2. The second kappa shape index (κ2) is 3.99. The van der Waals surface area contributed by atoms with Gasteiger partial charge in [-0.05, 0) is 17.7 Å². The van der Waals surface area contributed by atoms with Crippen LogP contribution in [0.2, 0.25) is 5.02 Å². The van der Waals surface area contributed by atoms with Gasteiger partial charge in [-0.3, -0.25) is 0 Å². The Kier molecular flexibility index (Phi) is 2.95. The zero-order valence-electron chi connectivity index (χ0n) is 6.42. The summed E-state index contributed by atoms with van der Waals surface area (Å²) in [6.45, 7) is 7.05. The molecule has 0 aromatic heterocycles. The monoisotopic (exact) mass is 181 g/mol. The SMILES string of the molecule is [C-]#[N+]CCc1ccc(O)c(Cl)c1. The van der Waals surface area contributed by atoms with Crippen molar-refractivity contribution in [3.63, 3.8) is 0 Å². The highest BCUT2D eigenvalue weighted by Gasteiger charge is 2.00. The van der Waals surface area contributed by atoms with Crippen LogP contribution in [0.25, 0.3) is 4.85 Å². The molecule has 1 aromatic rings. The molecular formula is C9H8ClNO. The normalized spacial score (nSPS) is 9.33. The molecule has 0 heterocycles. The first-order chi connectivity index (χ1) is 5.74. The topological polar surface area (TPSA) is 24.6 Å². The van der Waals surface area contributed by atoms with E-state index in [4.69, 9.17) is 23.3 Å². The maximum atomic E-state index is 9.08. The first-order valence-corrected chi connectivity index (χ1v) is 3.92. The molecule has 0 aliphatic carbocycles. The maximum absolute atomic E-state index is 9.08. The summed E-state index contributed by atoms with van der Waals surface area (Å²) in [6, 6.07) is 5.00. The molecule has 2 nitrogen and oxygen atoms in total. The van der Waals surface area contributed by atoms with E-state index in [9.17, 15) is 0 Å². The van der Waals surface area contributed by atoms with Gasteiger partial charge in [0.15, 0.2) is 0 Å². The largest absolute Gasteiger partial charge is 0.506 e. The minimum Gasteiger partial charge on any atom is -0.506 e. The van der Waals surface area contributed by atoms with Crippen LogP contribution in [0.1, 0.15) is 5.56 Å². The van der Waals surface area contributed by atoms with Crippen LogP contribution >= 0.6 is 11.6 Å². The number of hydrogen-bond acceptors (Lipinski definition) is 1. The minimum absolute atomic E-state index is 0.0863. The Balaban J connectivity index is 2.77. The van der Waals surface area contributed by atoms with Gasteiger partial charge in [-0.2, -0.15) is 0 Å². The highest BCUT2D eigenvalue weighted by atomic mass is 35.5. The molecule has 0 unspecified atom stereocenters. The maximum Gasteiger partial charge on any atom is 0.218 e. The molecule has 0 atom stereocenters. The summed E-state index contributed by atoms with van der Waals surface area (Å²) in [5, 5.41) is 9.42. The molecule has 12 heavy (non-hydrogen) atoms. The molecule has 0 aliphatic rings. The van der Waals surface area contributed by atoms with Gasteiger partial charge < -0.3 is 9.95 Å². The number of nitrogens with zero attached hydrogens (tertiary/aromatic N) is 1.